The van der Waals surface area contributed by atoms with Crippen LogP contribution in [0.5, 0.6) is 0 Å². The van der Waals surface area contributed by atoms with Gasteiger partial charge in [-0.3, -0.25) is 15.2 Å². The first-order valence-electron chi connectivity index (χ1n) is 5.17. The average Bonchev–Trinajstić information content (AvgIpc) is 2.28. The van der Waals surface area contributed by atoms with Crippen molar-refractivity contribution in [2.45, 2.75) is 20.5 Å². The number of nitrogens with two attached hydrogens (primary N) is 1. The first-order chi connectivity index (χ1) is 7.63. The van der Waals surface area contributed by atoms with Gasteiger partial charge in [0, 0.05) is 12.8 Å². The number of nitrogens with one attached hydrogen (secondary N) is 1. The number of pyridine rings is 1. The summed E-state index contributed by atoms with van der Waals surface area (Å²) in [6.45, 7) is 5.33. The molecule has 1 rings (SSSR count). The Morgan fingerprint density at radius 3 is 2.81 bits per heavy atom. The summed E-state index contributed by atoms with van der Waals surface area (Å²) in [5, 5.41) is 0. The zero-order valence-corrected chi connectivity index (χ0v) is 9.56. The molecule has 3 N–H and O–H groups in total. The van der Waals surface area contributed by atoms with Crippen molar-refractivity contribution >= 4 is 5.91 Å². The fourth-order valence-corrected chi connectivity index (χ4v) is 1.13. The van der Waals surface area contributed by atoms with Gasteiger partial charge >= 0.3 is 0 Å². The van der Waals surface area contributed by atoms with E-state index in [4.69, 9.17) is 10.6 Å². The van der Waals surface area contributed by atoms with Gasteiger partial charge in [-0.05, 0) is 18.1 Å². The van der Waals surface area contributed by atoms with Gasteiger partial charge in [-0.1, -0.05) is 13.8 Å². The number of carbonyl (C=O) groups excluding carboxylic acids is 1. The second kappa shape index (κ2) is 6.19. The molecule has 0 aliphatic carbocycles. The lowest BCUT2D eigenvalue weighted by atomic mass is 10.2. The van der Waals surface area contributed by atoms with Crippen molar-refractivity contribution in [2.24, 2.45) is 11.8 Å². The van der Waals surface area contributed by atoms with Crippen molar-refractivity contribution < 1.29 is 9.53 Å². The molecule has 0 saturated carbocycles. The summed E-state index contributed by atoms with van der Waals surface area (Å²) in [4.78, 5) is 15.2. The van der Waals surface area contributed by atoms with Crippen LogP contribution in [0.3, 0.4) is 0 Å². The molecule has 0 spiro atoms. The number of nitrogen functional groups attached to an aromatic ring is 1. The van der Waals surface area contributed by atoms with E-state index in [0.717, 1.165) is 5.69 Å². The lowest BCUT2D eigenvalue weighted by molar-refractivity contribution is 0.0938. The maximum Gasteiger partial charge on any atom is 0.266 e. The Balaban J connectivity index is 2.48. The first-order valence-corrected chi connectivity index (χ1v) is 5.17. The highest BCUT2D eigenvalue weighted by Crippen LogP contribution is 2.03. The summed E-state index contributed by atoms with van der Waals surface area (Å²) in [7, 11) is 0. The minimum atomic E-state index is -0.345. The maximum absolute atomic E-state index is 11.1. The molecule has 0 fully saturated rings. The predicted molar refractivity (Wildman–Crippen MR) is 60.4 cm³/mol. The fourth-order valence-electron chi connectivity index (χ4n) is 1.13. The molecule has 1 aromatic heterocycles. The number of hydrogen-bond donors (Lipinski definition) is 2. The van der Waals surface area contributed by atoms with Crippen LogP contribution in [0.15, 0.2) is 18.3 Å². The maximum atomic E-state index is 11.1. The molecule has 1 heterocycles. The number of hydrazine groups is 1. The molecule has 5 nitrogen and oxygen atoms in total. The summed E-state index contributed by atoms with van der Waals surface area (Å²) in [6.07, 6.45) is 1.48. The summed E-state index contributed by atoms with van der Waals surface area (Å²) in [5.41, 5.74) is 3.29. The third-order valence-corrected chi connectivity index (χ3v) is 1.92. The zero-order chi connectivity index (χ0) is 12.0. The fraction of sp³-hybridized carbons (Fsp3) is 0.455. The number of aromatic nitrogens is 1. The second-order valence-electron chi connectivity index (χ2n) is 3.92. The lowest BCUT2D eigenvalue weighted by Crippen LogP contribution is -2.30. The number of amides is 1. The van der Waals surface area contributed by atoms with Gasteiger partial charge in [0.1, 0.15) is 0 Å². The molecule has 0 aliphatic heterocycles. The molecule has 16 heavy (non-hydrogen) atoms. The van der Waals surface area contributed by atoms with Crippen molar-refractivity contribution in [3.05, 3.63) is 29.6 Å². The predicted octanol–water partition coefficient (Wildman–Crippen LogP) is 0.858. The standard InChI is InChI=1S/C11H17N3O2/c1-8(2)6-16-7-10-4-3-9(5-13-10)11(15)14-12/h3-5,8H,6-7,12H2,1-2H3,(H,14,15). The minimum absolute atomic E-state index is 0.345. The zero-order valence-electron chi connectivity index (χ0n) is 9.56. The minimum Gasteiger partial charge on any atom is -0.375 e. The molecule has 5 heteroatoms. The van der Waals surface area contributed by atoms with E-state index in [1.165, 1.54) is 6.20 Å². The van der Waals surface area contributed by atoms with Gasteiger partial charge < -0.3 is 4.74 Å². The Morgan fingerprint density at radius 1 is 1.56 bits per heavy atom. The molecule has 0 atom stereocenters. The van der Waals surface area contributed by atoms with Gasteiger partial charge in [0.25, 0.3) is 5.91 Å². The number of carbonyl (C=O) groups is 1. The summed E-state index contributed by atoms with van der Waals surface area (Å²) in [5.74, 6) is 5.16. The van der Waals surface area contributed by atoms with Crippen LogP contribution in [0.25, 0.3) is 0 Å². The summed E-state index contributed by atoms with van der Waals surface area (Å²) >= 11 is 0. The van der Waals surface area contributed by atoms with E-state index in [1.54, 1.807) is 12.1 Å². The van der Waals surface area contributed by atoms with E-state index in [-0.39, 0.29) is 5.91 Å². The van der Waals surface area contributed by atoms with Crippen molar-refractivity contribution in [1.82, 2.24) is 10.4 Å². The van der Waals surface area contributed by atoms with Crippen LogP contribution in [0.2, 0.25) is 0 Å². The molecule has 88 valence electrons. The molecule has 0 aromatic carbocycles. The quantitative estimate of drug-likeness (QED) is 0.441. The molecule has 0 saturated heterocycles. The van der Waals surface area contributed by atoms with Gasteiger partial charge in [-0.25, -0.2) is 5.84 Å². The second-order valence-corrected chi connectivity index (χ2v) is 3.92. The van der Waals surface area contributed by atoms with Gasteiger partial charge in [0.05, 0.1) is 17.9 Å². The number of rotatable bonds is 5. The number of ether oxygens (including phenoxy) is 1. The van der Waals surface area contributed by atoms with E-state index in [0.29, 0.717) is 24.7 Å². The highest BCUT2D eigenvalue weighted by molar-refractivity contribution is 5.93. The van der Waals surface area contributed by atoms with Crippen molar-refractivity contribution in [1.29, 1.82) is 0 Å². The smallest absolute Gasteiger partial charge is 0.266 e. The molecular formula is C11H17N3O2. The van der Waals surface area contributed by atoms with E-state index in [9.17, 15) is 4.79 Å². The van der Waals surface area contributed by atoms with Gasteiger partial charge in [-0.15, -0.1) is 0 Å². The molecular weight excluding hydrogens is 206 g/mol. The van der Waals surface area contributed by atoms with E-state index in [1.807, 2.05) is 5.43 Å². The van der Waals surface area contributed by atoms with Crippen LogP contribution >= 0.6 is 0 Å². The Kier molecular flexibility index (Phi) is 4.88. The number of hydrogen-bond acceptors (Lipinski definition) is 4. The normalized spacial score (nSPS) is 10.5. The largest absolute Gasteiger partial charge is 0.375 e. The summed E-state index contributed by atoms with van der Waals surface area (Å²) < 4.78 is 5.42. The molecule has 0 aliphatic rings. The van der Waals surface area contributed by atoms with Gasteiger partial charge in [0.15, 0.2) is 0 Å². The molecule has 0 unspecified atom stereocenters. The van der Waals surface area contributed by atoms with E-state index >= 15 is 0 Å². The third kappa shape index (κ3) is 3.96. The first kappa shape index (κ1) is 12.6. The van der Waals surface area contributed by atoms with Crippen molar-refractivity contribution in [3.63, 3.8) is 0 Å². The van der Waals surface area contributed by atoms with Gasteiger partial charge in [0.2, 0.25) is 0 Å². The van der Waals surface area contributed by atoms with Crippen LogP contribution in [0, 0.1) is 5.92 Å². The number of nitrogens with zero attached hydrogens (tertiary/aromatic N) is 1. The molecule has 0 radical (unpaired) electrons. The summed E-state index contributed by atoms with van der Waals surface area (Å²) in [6, 6.07) is 3.42. The SMILES string of the molecule is CC(C)COCc1ccc(C(=O)NN)cn1. The molecule has 1 amide bonds. The Morgan fingerprint density at radius 2 is 2.31 bits per heavy atom. The van der Waals surface area contributed by atoms with Crippen molar-refractivity contribution in [3.8, 4) is 0 Å². The Bertz CT molecular complexity index is 336. The topological polar surface area (TPSA) is 77.2 Å². The van der Waals surface area contributed by atoms with Crippen LogP contribution in [0.4, 0.5) is 0 Å². The monoisotopic (exact) mass is 223 g/mol. The van der Waals surface area contributed by atoms with Gasteiger partial charge in [-0.2, -0.15) is 0 Å². The van der Waals surface area contributed by atoms with E-state index in [2.05, 4.69) is 18.8 Å². The molecule has 1 aromatic rings. The van der Waals surface area contributed by atoms with Crippen LogP contribution in [0.1, 0.15) is 29.9 Å². The Labute approximate surface area is 95.0 Å². The lowest BCUT2D eigenvalue weighted by Gasteiger charge is -2.06. The highest BCUT2D eigenvalue weighted by atomic mass is 16.5. The highest BCUT2D eigenvalue weighted by Gasteiger charge is 2.03. The van der Waals surface area contributed by atoms with Crippen LogP contribution in [-0.2, 0) is 11.3 Å². The molecule has 0 bridgehead atoms. The average molecular weight is 223 g/mol. The van der Waals surface area contributed by atoms with Crippen LogP contribution < -0.4 is 11.3 Å². The van der Waals surface area contributed by atoms with Crippen LogP contribution in [-0.4, -0.2) is 17.5 Å². The Hall–Kier alpha value is -1.46. The van der Waals surface area contributed by atoms with Crippen molar-refractivity contribution in [2.75, 3.05) is 6.61 Å². The van der Waals surface area contributed by atoms with E-state index < -0.39 is 0 Å². The third-order valence-electron chi connectivity index (χ3n) is 1.92.